The normalized spacial score (nSPS) is 14.3. The number of rotatable bonds is 29. The van der Waals surface area contributed by atoms with Gasteiger partial charge in [0.05, 0.1) is 19.8 Å². The lowest BCUT2D eigenvalue weighted by Crippen LogP contribution is -2.28. The third-order valence-corrected chi connectivity index (χ3v) is 7.11. The molecule has 2 atom stereocenters. The molecule has 0 fully saturated rings. The molecule has 0 aliphatic rings. The zero-order chi connectivity index (χ0) is 28.9. The number of ether oxygens (including phenoxy) is 2. The molecular formula is C30H58NO7P. The van der Waals surface area contributed by atoms with Crippen molar-refractivity contribution in [3.05, 3.63) is 24.3 Å². The predicted molar refractivity (Wildman–Crippen MR) is 160 cm³/mol. The summed E-state index contributed by atoms with van der Waals surface area (Å²) < 4.78 is 32.9. The van der Waals surface area contributed by atoms with Crippen molar-refractivity contribution >= 4 is 13.8 Å². The number of hydrogen-bond donors (Lipinski definition) is 2. The third kappa shape index (κ3) is 28.3. The molecule has 3 N–H and O–H groups in total. The maximum absolute atomic E-state index is 12.2. The van der Waals surface area contributed by atoms with Gasteiger partial charge >= 0.3 is 13.8 Å². The van der Waals surface area contributed by atoms with Crippen molar-refractivity contribution in [2.75, 3.05) is 33.0 Å². The third-order valence-electron chi connectivity index (χ3n) is 6.12. The van der Waals surface area contributed by atoms with Crippen LogP contribution in [-0.2, 0) is 27.9 Å². The summed E-state index contributed by atoms with van der Waals surface area (Å²) in [6.45, 7) is 4.74. The summed E-state index contributed by atoms with van der Waals surface area (Å²) in [5, 5.41) is 0. The Bertz CT molecular complexity index is 657. The lowest BCUT2D eigenvalue weighted by Gasteiger charge is -2.20. The molecule has 0 bridgehead atoms. The second-order valence-electron chi connectivity index (χ2n) is 9.97. The Morgan fingerprint density at radius 1 is 0.769 bits per heavy atom. The van der Waals surface area contributed by atoms with Gasteiger partial charge in [-0.25, -0.2) is 4.57 Å². The minimum absolute atomic E-state index is 0.0972. The van der Waals surface area contributed by atoms with Crippen LogP contribution in [0.3, 0.4) is 0 Å². The summed E-state index contributed by atoms with van der Waals surface area (Å²) in [4.78, 5) is 22.0. The van der Waals surface area contributed by atoms with E-state index in [-0.39, 0.29) is 32.3 Å². The first kappa shape index (κ1) is 38.0. The van der Waals surface area contributed by atoms with Gasteiger partial charge in [-0.05, 0) is 38.5 Å². The highest BCUT2D eigenvalue weighted by molar-refractivity contribution is 7.47. The molecule has 9 heteroatoms. The van der Waals surface area contributed by atoms with Gasteiger partial charge in [-0.3, -0.25) is 13.8 Å². The highest BCUT2D eigenvalue weighted by Gasteiger charge is 2.25. The average Bonchev–Trinajstić information content (AvgIpc) is 2.92. The van der Waals surface area contributed by atoms with E-state index in [0.717, 1.165) is 57.8 Å². The van der Waals surface area contributed by atoms with Crippen LogP contribution in [0.15, 0.2) is 24.3 Å². The topological polar surface area (TPSA) is 117 Å². The second-order valence-corrected chi connectivity index (χ2v) is 11.4. The number of carbonyl (C=O) groups excluding carboxylic acids is 1. The fraction of sp³-hybridized carbons (Fsp3) is 0.833. The lowest BCUT2D eigenvalue weighted by molar-refractivity contribution is -0.154. The number of phosphoric ester groups is 1. The molecule has 0 saturated heterocycles. The number of carbonyl (C=O) groups is 1. The Morgan fingerprint density at radius 3 is 2.08 bits per heavy atom. The van der Waals surface area contributed by atoms with Gasteiger partial charge in [0.2, 0.25) is 0 Å². The van der Waals surface area contributed by atoms with Crippen molar-refractivity contribution in [2.24, 2.45) is 5.73 Å². The van der Waals surface area contributed by atoms with Crippen LogP contribution in [-0.4, -0.2) is 49.9 Å². The van der Waals surface area contributed by atoms with E-state index in [0.29, 0.717) is 13.0 Å². The van der Waals surface area contributed by atoms with Crippen molar-refractivity contribution in [1.82, 2.24) is 0 Å². The van der Waals surface area contributed by atoms with Crippen LogP contribution in [0, 0.1) is 0 Å². The number of hydrogen-bond acceptors (Lipinski definition) is 7. The molecule has 0 heterocycles. The van der Waals surface area contributed by atoms with Gasteiger partial charge in [0.15, 0.2) is 0 Å². The first-order valence-corrected chi connectivity index (χ1v) is 16.8. The Kier molecular flexibility index (Phi) is 27.8. The molecule has 8 nitrogen and oxygen atoms in total. The molecule has 0 aromatic heterocycles. The molecule has 0 aliphatic carbocycles. The number of phosphoric acid groups is 1. The standard InChI is InChI=1S/C30H58NO7P/c1-3-5-7-9-10-11-12-13-14-15-16-17-18-20-22-25-35-27-29(28-37-39(33,34)36-26-24-31)38-30(32)23-21-19-8-6-4-2/h9-10,12-13,29H,3-8,11,14-28,31H2,1-2H3,(H,33,34)/b10-9-,13-12-. The zero-order valence-corrected chi connectivity index (χ0v) is 25.8. The van der Waals surface area contributed by atoms with Crippen molar-refractivity contribution in [2.45, 2.75) is 129 Å². The van der Waals surface area contributed by atoms with Crippen LogP contribution in [0.4, 0.5) is 0 Å². The highest BCUT2D eigenvalue weighted by Crippen LogP contribution is 2.43. The first-order valence-electron chi connectivity index (χ1n) is 15.3. The van der Waals surface area contributed by atoms with E-state index in [1.165, 1.54) is 44.9 Å². The molecule has 0 radical (unpaired) electrons. The van der Waals surface area contributed by atoms with Gasteiger partial charge in [-0.1, -0.05) is 102 Å². The number of nitrogens with two attached hydrogens (primary N) is 1. The first-order chi connectivity index (χ1) is 18.9. The molecule has 0 aliphatic heterocycles. The van der Waals surface area contributed by atoms with E-state index in [1.54, 1.807) is 0 Å². The summed E-state index contributed by atoms with van der Waals surface area (Å²) in [5.41, 5.74) is 5.31. The average molecular weight is 576 g/mol. The minimum Gasteiger partial charge on any atom is -0.457 e. The molecule has 0 amide bonds. The van der Waals surface area contributed by atoms with Gasteiger partial charge < -0.3 is 20.1 Å². The van der Waals surface area contributed by atoms with Crippen molar-refractivity contribution < 1.29 is 32.8 Å². The van der Waals surface area contributed by atoms with E-state index in [4.69, 9.17) is 24.3 Å². The van der Waals surface area contributed by atoms with E-state index < -0.39 is 13.9 Å². The quantitative estimate of drug-likeness (QED) is 0.0402. The summed E-state index contributed by atoms with van der Waals surface area (Å²) >= 11 is 0. The summed E-state index contributed by atoms with van der Waals surface area (Å²) in [7, 11) is -4.25. The maximum atomic E-state index is 12.2. The van der Waals surface area contributed by atoms with Gasteiger partial charge in [-0.2, -0.15) is 0 Å². The fourth-order valence-electron chi connectivity index (χ4n) is 3.83. The highest BCUT2D eigenvalue weighted by atomic mass is 31.2. The van der Waals surface area contributed by atoms with Gasteiger partial charge in [0, 0.05) is 19.6 Å². The summed E-state index contributed by atoms with van der Waals surface area (Å²) in [6, 6.07) is 0. The summed E-state index contributed by atoms with van der Waals surface area (Å²) in [5.74, 6) is -0.349. The monoisotopic (exact) mass is 575 g/mol. The molecule has 230 valence electrons. The SMILES string of the molecule is CCCC/C=C\C/C=C\CCCCCCCCOCC(COP(=O)(O)OCCN)OC(=O)CCCCCCC. The lowest BCUT2D eigenvalue weighted by atomic mass is 10.1. The number of unbranched alkanes of at least 4 members (excludes halogenated alkanes) is 12. The molecule has 0 rings (SSSR count). The van der Waals surface area contributed by atoms with Crippen LogP contribution in [0.1, 0.15) is 123 Å². The number of esters is 1. The molecule has 0 spiro atoms. The van der Waals surface area contributed by atoms with Gasteiger partial charge in [-0.15, -0.1) is 0 Å². The maximum Gasteiger partial charge on any atom is 0.472 e. The Labute approximate surface area is 238 Å². The van der Waals surface area contributed by atoms with Crippen LogP contribution in [0.2, 0.25) is 0 Å². The Hall–Kier alpha value is -1.02. The largest absolute Gasteiger partial charge is 0.472 e. The van der Waals surface area contributed by atoms with Gasteiger partial charge in [0.1, 0.15) is 6.10 Å². The summed E-state index contributed by atoms with van der Waals surface area (Å²) in [6.07, 6.45) is 26.5. The van der Waals surface area contributed by atoms with Crippen molar-refractivity contribution in [1.29, 1.82) is 0 Å². The van der Waals surface area contributed by atoms with E-state index >= 15 is 0 Å². The van der Waals surface area contributed by atoms with E-state index in [2.05, 4.69) is 38.2 Å². The smallest absolute Gasteiger partial charge is 0.457 e. The van der Waals surface area contributed by atoms with Crippen molar-refractivity contribution in [3.63, 3.8) is 0 Å². The molecule has 0 aromatic carbocycles. The molecule has 39 heavy (non-hydrogen) atoms. The van der Waals surface area contributed by atoms with E-state index in [1.807, 2.05) is 0 Å². The van der Waals surface area contributed by atoms with E-state index in [9.17, 15) is 14.3 Å². The zero-order valence-electron chi connectivity index (χ0n) is 24.9. The van der Waals surface area contributed by atoms with Gasteiger partial charge in [0.25, 0.3) is 0 Å². The van der Waals surface area contributed by atoms with Crippen LogP contribution in [0.25, 0.3) is 0 Å². The predicted octanol–water partition coefficient (Wildman–Crippen LogP) is 7.79. The Morgan fingerprint density at radius 2 is 1.38 bits per heavy atom. The minimum atomic E-state index is -4.25. The van der Waals surface area contributed by atoms with Crippen molar-refractivity contribution in [3.8, 4) is 0 Å². The Balaban J connectivity index is 4.07. The number of allylic oxidation sites excluding steroid dienone is 4. The second kappa shape index (κ2) is 28.5. The van der Waals surface area contributed by atoms with Crippen LogP contribution < -0.4 is 5.73 Å². The molecular weight excluding hydrogens is 517 g/mol. The molecule has 0 saturated carbocycles. The molecule has 2 unspecified atom stereocenters. The molecule has 0 aromatic rings. The fourth-order valence-corrected chi connectivity index (χ4v) is 4.60. The van der Waals surface area contributed by atoms with Crippen LogP contribution in [0.5, 0.6) is 0 Å². The van der Waals surface area contributed by atoms with Crippen LogP contribution >= 0.6 is 7.82 Å².